The van der Waals surface area contributed by atoms with Gasteiger partial charge in [0.15, 0.2) is 0 Å². The maximum Gasteiger partial charge on any atom is 0.326 e. The topological polar surface area (TPSA) is 78.4 Å². The Kier molecular flexibility index (Phi) is 7.02. The van der Waals surface area contributed by atoms with E-state index in [0.717, 1.165) is 5.56 Å². The first-order valence-corrected chi connectivity index (χ1v) is 7.33. The zero-order valence-electron chi connectivity index (χ0n) is 12.2. The Balaban J connectivity index is 2.39. The maximum absolute atomic E-state index is 11.7. The maximum atomic E-state index is 11.7. The molecular weight excluding hydrogens is 292 g/mol. The lowest BCUT2D eigenvalue weighted by molar-refractivity contribution is -0.140. The number of hydrogen-bond donors (Lipinski definition) is 3. The lowest BCUT2D eigenvalue weighted by Gasteiger charge is -2.20. The van der Waals surface area contributed by atoms with Crippen molar-refractivity contribution in [3.63, 3.8) is 0 Å². The van der Waals surface area contributed by atoms with Crippen molar-refractivity contribution in [3.8, 4) is 0 Å². The minimum Gasteiger partial charge on any atom is -0.480 e. The molecule has 1 aromatic carbocycles. The SMILES string of the molecule is CCC(C)C(NC(=O)NCCc1ccc(Cl)cc1)C(=O)O. The number of aliphatic carboxylic acids is 1. The van der Waals surface area contributed by atoms with Crippen LogP contribution in [0.4, 0.5) is 4.79 Å². The molecule has 21 heavy (non-hydrogen) atoms. The van der Waals surface area contributed by atoms with E-state index in [1.165, 1.54) is 0 Å². The second-order valence-corrected chi connectivity index (χ2v) is 5.41. The van der Waals surface area contributed by atoms with Crippen LogP contribution in [0, 0.1) is 5.92 Å². The van der Waals surface area contributed by atoms with Gasteiger partial charge in [-0.15, -0.1) is 0 Å². The number of hydrogen-bond acceptors (Lipinski definition) is 2. The van der Waals surface area contributed by atoms with E-state index in [2.05, 4.69) is 10.6 Å². The Morgan fingerprint density at radius 1 is 1.29 bits per heavy atom. The third-order valence-electron chi connectivity index (χ3n) is 3.38. The highest BCUT2D eigenvalue weighted by molar-refractivity contribution is 6.30. The smallest absolute Gasteiger partial charge is 0.326 e. The fourth-order valence-corrected chi connectivity index (χ4v) is 1.97. The standard InChI is InChI=1S/C15H21ClN2O3/c1-3-10(2)13(14(19)20)18-15(21)17-9-8-11-4-6-12(16)7-5-11/h4-7,10,13H,3,8-9H2,1-2H3,(H,19,20)(H2,17,18,21). The Labute approximate surface area is 129 Å². The van der Waals surface area contributed by atoms with Crippen molar-refractivity contribution in [2.24, 2.45) is 5.92 Å². The molecule has 0 heterocycles. The van der Waals surface area contributed by atoms with E-state index in [-0.39, 0.29) is 5.92 Å². The fourth-order valence-electron chi connectivity index (χ4n) is 1.85. The molecule has 5 nitrogen and oxygen atoms in total. The lowest BCUT2D eigenvalue weighted by Crippen LogP contribution is -2.49. The number of carbonyl (C=O) groups excluding carboxylic acids is 1. The van der Waals surface area contributed by atoms with Gasteiger partial charge in [-0.25, -0.2) is 9.59 Å². The fraction of sp³-hybridized carbons (Fsp3) is 0.467. The van der Waals surface area contributed by atoms with Crippen molar-refractivity contribution in [1.29, 1.82) is 0 Å². The van der Waals surface area contributed by atoms with Crippen LogP contribution in [0.15, 0.2) is 24.3 Å². The van der Waals surface area contributed by atoms with Gasteiger partial charge < -0.3 is 15.7 Å². The first kappa shape index (κ1) is 17.3. The molecular formula is C15H21ClN2O3. The molecule has 116 valence electrons. The first-order valence-electron chi connectivity index (χ1n) is 6.95. The molecule has 3 N–H and O–H groups in total. The zero-order chi connectivity index (χ0) is 15.8. The summed E-state index contributed by atoms with van der Waals surface area (Å²) in [6.07, 6.45) is 1.34. The largest absolute Gasteiger partial charge is 0.480 e. The van der Waals surface area contributed by atoms with Crippen molar-refractivity contribution >= 4 is 23.6 Å². The number of carboxylic acids is 1. The molecule has 0 aliphatic heterocycles. The van der Waals surface area contributed by atoms with Gasteiger partial charge in [0.1, 0.15) is 6.04 Å². The summed E-state index contributed by atoms with van der Waals surface area (Å²) in [6, 6.07) is 6.03. The van der Waals surface area contributed by atoms with Gasteiger partial charge in [0.2, 0.25) is 0 Å². The van der Waals surface area contributed by atoms with Crippen LogP contribution < -0.4 is 10.6 Å². The molecule has 1 rings (SSSR count). The highest BCUT2D eigenvalue weighted by Gasteiger charge is 2.24. The Bertz CT molecular complexity index is 476. The minimum atomic E-state index is -1.02. The monoisotopic (exact) mass is 312 g/mol. The summed E-state index contributed by atoms with van der Waals surface area (Å²) >= 11 is 5.79. The molecule has 6 heteroatoms. The highest BCUT2D eigenvalue weighted by Crippen LogP contribution is 2.10. The third kappa shape index (κ3) is 6.04. The molecule has 0 spiro atoms. The molecule has 2 unspecified atom stereocenters. The first-order chi connectivity index (χ1) is 9.93. The van der Waals surface area contributed by atoms with Crippen LogP contribution in [0.25, 0.3) is 0 Å². The van der Waals surface area contributed by atoms with E-state index < -0.39 is 18.0 Å². The van der Waals surface area contributed by atoms with Gasteiger partial charge in [-0.2, -0.15) is 0 Å². The average molecular weight is 313 g/mol. The van der Waals surface area contributed by atoms with Crippen molar-refractivity contribution in [3.05, 3.63) is 34.9 Å². The van der Waals surface area contributed by atoms with Gasteiger partial charge in [-0.1, -0.05) is 44.0 Å². The van der Waals surface area contributed by atoms with Gasteiger partial charge >= 0.3 is 12.0 Å². The summed E-state index contributed by atoms with van der Waals surface area (Å²) in [5.74, 6) is -1.14. The highest BCUT2D eigenvalue weighted by atomic mass is 35.5. The number of rotatable bonds is 7. The number of urea groups is 1. The quantitative estimate of drug-likeness (QED) is 0.724. The molecule has 0 fully saturated rings. The van der Waals surface area contributed by atoms with Gasteiger partial charge in [-0.05, 0) is 30.0 Å². The Hall–Kier alpha value is -1.75. The molecule has 2 amide bonds. The summed E-state index contributed by atoms with van der Waals surface area (Å²) in [6.45, 7) is 4.12. The predicted octanol–water partition coefficient (Wildman–Crippen LogP) is 2.68. The number of amides is 2. The van der Waals surface area contributed by atoms with Crippen LogP contribution in [-0.4, -0.2) is 29.7 Å². The second kappa shape index (κ2) is 8.52. The normalized spacial score (nSPS) is 13.3. The minimum absolute atomic E-state index is 0.121. The van der Waals surface area contributed by atoms with Crippen LogP contribution in [0.5, 0.6) is 0 Å². The van der Waals surface area contributed by atoms with Gasteiger partial charge in [0, 0.05) is 11.6 Å². The van der Waals surface area contributed by atoms with Crippen LogP contribution >= 0.6 is 11.6 Å². The number of halogens is 1. The van der Waals surface area contributed by atoms with Crippen molar-refractivity contribution in [2.45, 2.75) is 32.7 Å². The number of nitrogens with one attached hydrogen (secondary N) is 2. The van der Waals surface area contributed by atoms with E-state index in [1.54, 1.807) is 19.1 Å². The Morgan fingerprint density at radius 3 is 2.43 bits per heavy atom. The zero-order valence-corrected chi connectivity index (χ0v) is 13.0. The second-order valence-electron chi connectivity index (χ2n) is 4.98. The molecule has 0 bridgehead atoms. The molecule has 0 saturated heterocycles. The molecule has 0 radical (unpaired) electrons. The van der Waals surface area contributed by atoms with Crippen molar-refractivity contribution < 1.29 is 14.7 Å². The molecule has 0 aliphatic carbocycles. The summed E-state index contributed by atoms with van der Waals surface area (Å²) in [5, 5.41) is 14.9. The number of benzene rings is 1. The van der Waals surface area contributed by atoms with Crippen LogP contribution in [0.3, 0.4) is 0 Å². The molecule has 0 aliphatic rings. The third-order valence-corrected chi connectivity index (χ3v) is 3.63. The molecule has 0 aromatic heterocycles. The van der Waals surface area contributed by atoms with E-state index in [9.17, 15) is 9.59 Å². The number of carbonyl (C=O) groups is 2. The summed E-state index contributed by atoms with van der Waals surface area (Å²) in [7, 11) is 0. The summed E-state index contributed by atoms with van der Waals surface area (Å²) in [4.78, 5) is 22.8. The Morgan fingerprint density at radius 2 is 1.90 bits per heavy atom. The van der Waals surface area contributed by atoms with E-state index in [1.807, 2.05) is 19.1 Å². The molecule has 0 saturated carbocycles. The average Bonchev–Trinajstić information content (AvgIpc) is 2.45. The van der Waals surface area contributed by atoms with Gasteiger partial charge in [0.05, 0.1) is 0 Å². The van der Waals surface area contributed by atoms with E-state index in [4.69, 9.17) is 16.7 Å². The molecule has 2 atom stereocenters. The summed E-state index contributed by atoms with van der Waals surface area (Å²) in [5.41, 5.74) is 1.05. The van der Waals surface area contributed by atoms with Gasteiger partial charge in [-0.3, -0.25) is 0 Å². The van der Waals surface area contributed by atoms with Crippen molar-refractivity contribution in [1.82, 2.24) is 10.6 Å². The number of carboxylic acid groups (broad SMARTS) is 1. The van der Waals surface area contributed by atoms with Crippen LogP contribution in [0.1, 0.15) is 25.8 Å². The predicted molar refractivity (Wildman–Crippen MR) is 82.6 cm³/mol. The van der Waals surface area contributed by atoms with E-state index in [0.29, 0.717) is 24.4 Å². The van der Waals surface area contributed by atoms with Crippen LogP contribution in [-0.2, 0) is 11.2 Å². The lowest BCUT2D eigenvalue weighted by atomic mass is 9.99. The van der Waals surface area contributed by atoms with Gasteiger partial charge in [0.25, 0.3) is 0 Å². The van der Waals surface area contributed by atoms with Crippen LogP contribution in [0.2, 0.25) is 5.02 Å². The van der Waals surface area contributed by atoms with Crippen molar-refractivity contribution in [2.75, 3.05) is 6.54 Å². The summed E-state index contributed by atoms with van der Waals surface area (Å²) < 4.78 is 0. The van der Waals surface area contributed by atoms with E-state index >= 15 is 0 Å². The molecule has 1 aromatic rings.